The summed E-state index contributed by atoms with van der Waals surface area (Å²) in [6, 6.07) is 16.5. The third kappa shape index (κ3) is 6.08. The molecule has 3 heterocycles. The maximum atomic E-state index is 13.9. The minimum Gasteiger partial charge on any atom is -0.339 e. The molecule has 1 saturated carbocycles. The van der Waals surface area contributed by atoms with Crippen molar-refractivity contribution in [3.8, 4) is 16.9 Å². The fraction of sp³-hybridized carbons (Fsp3) is 0.438. The quantitative estimate of drug-likeness (QED) is 0.250. The summed E-state index contributed by atoms with van der Waals surface area (Å²) in [5.41, 5.74) is 9.09. The van der Waals surface area contributed by atoms with Gasteiger partial charge in [0.2, 0.25) is 10.0 Å². The van der Waals surface area contributed by atoms with Crippen molar-refractivity contribution in [2.45, 2.75) is 68.8 Å². The van der Waals surface area contributed by atoms with Gasteiger partial charge in [0.05, 0.1) is 10.6 Å². The highest BCUT2D eigenvalue weighted by Crippen LogP contribution is 2.31. The number of H-pyrrole nitrogens is 1. The maximum Gasteiger partial charge on any atom is 0.354 e. The van der Waals surface area contributed by atoms with E-state index < -0.39 is 10.0 Å². The monoisotopic (exact) mass is 588 g/mol. The molecule has 6 rings (SSSR count). The smallest absolute Gasteiger partial charge is 0.339 e. The van der Waals surface area contributed by atoms with Crippen molar-refractivity contribution in [3.63, 3.8) is 0 Å². The van der Waals surface area contributed by atoms with Gasteiger partial charge in [-0.15, -0.1) is 0 Å². The molecular weight excluding hydrogens is 548 g/mol. The summed E-state index contributed by atoms with van der Waals surface area (Å²) < 4.78 is 31.2. The lowest BCUT2D eigenvalue weighted by molar-refractivity contribution is 0.254. The first-order chi connectivity index (χ1) is 20.4. The minimum atomic E-state index is -3.64. The average molecular weight is 589 g/mol. The zero-order chi connectivity index (χ0) is 29.1. The Kier molecular flexibility index (Phi) is 8.57. The number of rotatable bonds is 10. The average Bonchev–Trinajstić information content (AvgIpc) is 3.69. The lowest BCUT2D eigenvalue weighted by Gasteiger charge is -2.34. The predicted octanol–water partition coefficient (Wildman–Crippen LogP) is 4.55. The van der Waals surface area contributed by atoms with E-state index in [4.69, 9.17) is 5.73 Å². The topological polar surface area (TPSA) is 126 Å². The highest BCUT2D eigenvalue weighted by atomic mass is 32.2. The van der Waals surface area contributed by atoms with E-state index in [1.807, 2.05) is 42.5 Å². The molecule has 2 aromatic carbocycles. The number of hydrogen-bond acceptors (Lipinski definition) is 6. The molecule has 9 nitrogen and oxygen atoms in total. The van der Waals surface area contributed by atoms with E-state index in [1.54, 1.807) is 22.6 Å². The lowest BCUT2D eigenvalue weighted by Crippen LogP contribution is -2.46. The molecule has 2 aromatic heterocycles. The maximum absolute atomic E-state index is 13.9. The van der Waals surface area contributed by atoms with Gasteiger partial charge in [-0.3, -0.25) is 4.57 Å². The van der Waals surface area contributed by atoms with Crippen LogP contribution in [0.2, 0.25) is 0 Å². The summed E-state index contributed by atoms with van der Waals surface area (Å²) in [6.45, 7) is 2.70. The number of piperidine rings is 1. The Labute approximate surface area is 247 Å². The number of nitrogens with one attached hydrogen (secondary N) is 2. The number of benzene rings is 2. The standard InChI is InChI=1S/C32H40N6O3S/c33-21-24-7-11-27(12-8-24)37-22-26-20-30(35-31(26)36-32(37)39)25-9-13-29(14-10-25)42(40,41)38(28-15-17-34-18-16-28)19-3-6-23-4-1-2-5-23/h7-14,20,22-23,28,34H,1-6,15-19,21,33H2,(H,35,36,39). The Balaban J connectivity index is 1.23. The largest absolute Gasteiger partial charge is 0.354 e. The Morgan fingerprint density at radius 2 is 1.69 bits per heavy atom. The van der Waals surface area contributed by atoms with Gasteiger partial charge in [0.1, 0.15) is 5.65 Å². The van der Waals surface area contributed by atoms with E-state index in [9.17, 15) is 13.2 Å². The molecule has 0 spiro atoms. The molecule has 0 unspecified atom stereocenters. The van der Waals surface area contributed by atoms with Crippen LogP contribution >= 0.6 is 0 Å². The minimum absolute atomic E-state index is 0.0266. The van der Waals surface area contributed by atoms with Crippen molar-refractivity contribution in [2.75, 3.05) is 19.6 Å². The first-order valence-electron chi connectivity index (χ1n) is 15.2. The van der Waals surface area contributed by atoms with Gasteiger partial charge >= 0.3 is 5.69 Å². The fourth-order valence-electron chi connectivity index (χ4n) is 6.50. The van der Waals surface area contributed by atoms with Crippen LogP contribution in [0.25, 0.3) is 28.0 Å². The zero-order valence-electron chi connectivity index (χ0n) is 24.0. The molecule has 1 aliphatic heterocycles. The first-order valence-corrected chi connectivity index (χ1v) is 16.6. The van der Waals surface area contributed by atoms with Crippen molar-refractivity contribution < 1.29 is 8.42 Å². The number of nitrogens with zero attached hydrogens (tertiary/aromatic N) is 3. The second kappa shape index (κ2) is 12.5. The van der Waals surface area contributed by atoms with Crippen LogP contribution in [-0.2, 0) is 16.6 Å². The fourth-order valence-corrected chi connectivity index (χ4v) is 8.22. The summed E-state index contributed by atoms with van der Waals surface area (Å²) in [5, 5.41) is 4.14. The number of aromatic nitrogens is 3. The third-order valence-corrected chi connectivity index (χ3v) is 10.9. The molecule has 222 valence electrons. The van der Waals surface area contributed by atoms with Gasteiger partial charge in [0, 0.05) is 36.4 Å². The molecule has 2 fully saturated rings. The van der Waals surface area contributed by atoms with Crippen LogP contribution < -0.4 is 16.7 Å². The molecule has 1 aliphatic carbocycles. The van der Waals surface area contributed by atoms with Gasteiger partial charge in [0.15, 0.2) is 0 Å². The van der Waals surface area contributed by atoms with E-state index >= 15 is 0 Å². The molecule has 4 N–H and O–H groups in total. The zero-order valence-corrected chi connectivity index (χ0v) is 24.8. The molecular formula is C32H40N6O3S. The molecule has 2 aliphatic rings. The van der Waals surface area contributed by atoms with Crippen LogP contribution in [0.5, 0.6) is 0 Å². The van der Waals surface area contributed by atoms with Crippen LogP contribution in [0.4, 0.5) is 0 Å². The van der Waals surface area contributed by atoms with E-state index in [0.717, 1.165) is 66.9 Å². The highest BCUT2D eigenvalue weighted by Gasteiger charge is 2.32. The van der Waals surface area contributed by atoms with Crippen molar-refractivity contribution in [3.05, 3.63) is 76.8 Å². The first kappa shape index (κ1) is 28.8. The van der Waals surface area contributed by atoms with Crippen molar-refractivity contribution >= 4 is 21.1 Å². The summed E-state index contributed by atoms with van der Waals surface area (Å²) in [7, 11) is -3.64. The summed E-state index contributed by atoms with van der Waals surface area (Å²) in [6.07, 6.45) is 10.6. The summed E-state index contributed by atoms with van der Waals surface area (Å²) >= 11 is 0. The molecule has 1 saturated heterocycles. The Morgan fingerprint density at radius 1 is 0.976 bits per heavy atom. The molecule has 0 bridgehead atoms. The van der Waals surface area contributed by atoms with E-state index in [2.05, 4.69) is 15.3 Å². The molecule has 42 heavy (non-hydrogen) atoms. The molecule has 0 atom stereocenters. The van der Waals surface area contributed by atoms with E-state index in [0.29, 0.717) is 29.3 Å². The number of sulfonamides is 1. The van der Waals surface area contributed by atoms with Crippen LogP contribution in [0.15, 0.2) is 70.5 Å². The number of fused-ring (bicyclic) bond motifs is 1. The van der Waals surface area contributed by atoms with Gasteiger partial charge < -0.3 is 16.0 Å². The highest BCUT2D eigenvalue weighted by molar-refractivity contribution is 7.89. The Morgan fingerprint density at radius 3 is 2.38 bits per heavy atom. The lowest BCUT2D eigenvalue weighted by atomic mass is 10.0. The second-order valence-electron chi connectivity index (χ2n) is 11.7. The van der Waals surface area contributed by atoms with Gasteiger partial charge in [0.25, 0.3) is 0 Å². The Bertz CT molecular complexity index is 1670. The molecule has 10 heteroatoms. The van der Waals surface area contributed by atoms with Crippen LogP contribution in [0.3, 0.4) is 0 Å². The SMILES string of the molecule is NCc1ccc(-n2cc3cc(-c4ccc(S(=O)(=O)N(CCCC5CCCC5)C5CCNCC5)cc4)[nH]c3nc2=O)cc1. The van der Waals surface area contributed by atoms with E-state index in [1.165, 1.54) is 30.3 Å². The van der Waals surface area contributed by atoms with Gasteiger partial charge in [-0.25, -0.2) is 13.2 Å². The van der Waals surface area contributed by atoms with Gasteiger partial charge in [-0.05, 0) is 86.1 Å². The number of hydrogen-bond donors (Lipinski definition) is 3. The normalized spacial score (nSPS) is 17.0. The van der Waals surface area contributed by atoms with E-state index in [-0.39, 0.29) is 11.7 Å². The molecule has 0 amide bonds. The summed E-state index contributed by atoms with van der Waals surface area (Å²) in [4.78, 5) is 20.6. The number of aromatic amines is 1. The second-order valence-corrected chi connectivity index (χ2v) is 13.6. The van der Waals surface area contributed by atoms with Crippen LogP contribution in [0, 0.1) is 5.92 Å². The summed E-state index contributed by atoms with van der Waals surface area (Å²) in [5.74, 6) is 0.747. The number of nitrogens with two attached hydrogens (primary N) is 1. The third-order valence-electron chi connectivity index (χ3n) is 8.91. The molecule has 4 aromatic rings. The van der Waals surface area contributed by atoms with Crippen LogP contribution in [0.1, 0.15) is 56.9 Å². The van der Waals surface area contributed by atoms with Crippen molar-refractivity contribution in [2.24, 2.45) is 11.7 Å². The molecule has 0 radical (unpaired) electrons. The van der Waals surface area contributed by atoms with Crippen LogP contribution in [-0.4, -0.2) is 52.9 Å². The van der Waals surface area contributed by atoms with Crippen molar-refractivity contribution in [1.29, 1.82) is 0 Å². The predicted molar refractivity (Wildman–Crippen MR) is 166 cm³/mol. The van der Waals surface area contributed by atoms with Crippen molar-refractivity contribution in [1.82, 2.24) is 24.2 Å². The van der Waals surface area contributed by atoms with Gasteiger partial charge in [-0.1, -0.05) is 49.9 Å². The van der Waals surface area contributed by atoms with Gasteiger partial charge in [-0.2, -0.15) is 9.29 Å². The Hall–Kier alpha value is -3.31.